The van der Waals surface area contributed by atoms with Gasteiger partial charge in [0.25, 0.3) is 0 Å². The molecule has 0 atom stereocenters. The van der Waals surface area contributed by atoms with Crippen molar-refractivity contribution in [2.24, 2.45) is 5.41 Å². The third-order valence-electron chi connectivity index (χ3n) is 3.45. The van der Waals surface area contributed by atoms with E-state index in [9.17, 15) is 4.79 Å². The van der Waals surface area contributed by atoms with Crippen LogP contribution >= 0.6 is 0 Å². The average molecular weight is 296 g/mol. The van der Waals surface area contributed by atoms with Gasteiger partial charge in [0.15, 0.2) is 0 Å². The molecule has 0 aromatic heterocycles. The molecule has 2 N–H and O–H groups in total. The van der Waals surface area contributed by atoms with E-state index in [0.717, 1.165) is 31.6 Å². The highest BCUT2D eigenvalue weighted by atomic mass is 16.1. The largest absolute Gasteiger partial charge is 0.389 e. The van der Waals surface area contributed by atoms with Crippen molar-refractivity contribution in [3.05, 3.63) is 12.3 Å². The molecule has 0 aliphatic carbocycles. The van der Waals surface area contributed by atoms with E-state index in [1.807, 2.05) is 6.92 Å². The number of rotatable bonds is 12. The Morgan fingerprint density at radius 1 is 0.905 bits per heavy atom. The Kier molecular flexibility index (Phi) is 11.1. The molecule has 0 spiro atoms. The maximum Gasteiger partial charge on any atom is 0.220 e. The molecule has 0 rings (SSSR count). The van der Waals surface area contributed by atoms with Crippen LogP contribution < -0.4 is 10.6 Å². The van der Waals surface area contributed by atoms with Gasteiger partial charge in [-0.2, -0.15) is 0 Å². The number of hydrogen-bond donors (Lipinski definition) is 2. The summed E-state index contributed by atoms with van der Waals surface area (Å²) >= 11 is 0. The normalized spacial score (nSPS) is 11.2. The van der Waals surface area contributed by atoms with Crippen LogP contribution in [-0.4, -0.2) is 19.0 Å². The van der Waals surface area contributed by atoms with Crippen molar-refractivity contribution >= 4 is 5.91 Å². The number of unbranched alkanes of at least 4 members (excludes halogenated alkanes) is 5. The van der Waals surface area contributed by atoms with E-state index >= 15 is 0 Å². The summed E-state index contributed by atoms with van der Waals surface area (Å²) in [5, 5.41) is 6.27. The van der Waals surface area contributed by atoms with Gasteiger partial charge < -0.3 is 10.6 Å². The van der Waals surface area contributed by atoms with Crippen molar-refractivity contribution < 1.29 is 4.79 Å². The summed E-state index contributed by atoms with van der Waals surface area (Å²) in [5.74, 6) is 0.204. The molecule has 0 aliphatic heterocycles. The van der Waals surface area contributed by atoms with Crippen LogP contribution in [0.1, 0.15) is 79.1 Å². The Morgan fingerprint density at radius 3 is 1.86 bits per heavy atom. The van der Waals surface area contributed by atoms with Crippen LogP contribution in [0.5, 0.6) is 0 Å². The van der Waals surface area contributed by atoms with E-state index in [2.05, 4.69) is 38.0 Å². The standard InChI is InChI=1S/C18H36N2O/c1-16(2)19-14-10-8-6-7-9-11-15-20-17(21)12-13-18(3,4)5/h19H,1,6-15H2,2-5H3,(H,20,21). The first-order valence-corrected chi connectivity index (χ1v) is 8.47. The summed E-state index contributed by atoms with van der Waals surface area (Å²) in [4.78, 5) is 11.6. The van der Waals surface area contributed by atoms with E-state index in [-0.39, 0.29) is 11.3 Å². The Hall–Kier alpha value is -0.990. The first kappa shape index (κ1) is 20.0. The molecule has 0 aromatic rings. The summed E-state index contributed by atoms with van der Waals surface area (Å²) in [7, 11) is 0. The highest BCUT2D eigenvalue weighted by Gasteiger charge is 2.12. The summed E-state index contributed by atoms with van der Waals surface area (Å²) in [6, 6.07) is 0. The lowest BCUT2D eigenvalue weighted by Crippen LogP contribution is -2.25. The molecule has 0 fully saturated rings. The lowest BCUT2D eigenvalue weighted by molar-refractivity contribution is -0.121. The third kappa shape index (κ3) is 17.0. The van der Waals surface area contributed by atoms with Gasteiger partial charge in [0.2, 0.25) is 5.91 Å². The predicted molar refractivity (Wildman–Crippen MR) is 92.2 cm³/mol. The Morgan fingerprint density at radius 2 is 1.38 bits per heavy atom. The number of nitrogens with one attached hydrogen (secondary N) is 2. The summed E-state index contributed by atoms with van der Waals surface area (Å²) < 4.78 is 0. The highest BCUT2D eigenvalue weighted by molar-refractivity contribution is 5.75. The molecule has 0 aromatic carbocycles. The van der Waals surface area contributed by atoms with Crippen LogP contribution in [0, 0.1) is 5.41 Å². The quantitative estimate of drug-likeness (QED) is 0.524. The fourth-order valence-corrected chi connectivity index (χ4v) is 2.06. The van der Waals surface area contributed by atoms with Crippen molar-refractivity contribution in [3.63, 3.8) is 0 Å². The number of carbonyl (C=O) groups is 1. The molecule has 1 amide bonds. The molecule has 0 heterocycles. The molecular weight excluding hydrogens is 260 g/mol. The monoisotopic (exact) mass is 296 g/mol. The Bertz CT molecular complexity index is 292. The number of allylic oxidation sites excluding steroid dienone is 1. The zero-order chi connectivity index (χ0) is 16.1. The van der Waals surface area contributed by atoms with E-state index in [4.69, 9.17) is 0 Å². The second-order valence-corrected chi connectivity index (χ2v) is 7.24. The second kappa shape index (κ2) is 11.6. The topological polar surface area (TPSA) is 41.1 Å². The summed E-state index contributed by atoms with van der Waals surface area (Å²) in [5.41, 5.74) is 1.30. The van der Waals surface area contributed by atoms with E-state index < -0.39 is 0 Å². The third-order valence-corrected chi connectivity index (χ3v) is 3.45. The molecule has 124 valence electrons. The van der Waals surface area contributed by atoms with Gasteiger partial charge in [-0.3, -0.25) is 4.79 Å². The van der Waals surface area contributed by atoms with Crippen LogP contribution in [-0.2, 0) is 4.79 Å². The van der Waals surface area contributed by atoms with Crippen LogP contribution in [0.25, 0.3) is 0 Å². The molecular formula is C18H36N2O. The maximum absolute atomic E-state index is 11.6. The van der Waals surface area contributed by atoms with Gasteiger partial charge in [-0.05, 0) is 31.6 Å². The van der Waals surface area contributed by atoms with Crippen LogP contribution in [0.2, 0.25) is 0 Å². The lowest BCUT2D eigenvalue weighted by atomic mass is 9.90. The van der Waals surface area contributed by atoms with E-state index in [1.54, 1.807) is 0 Å². The van der Waals surface area contributed by atoms with Crippen molar-refractivity contribution in [3.8, 4) is 0 Å². The number of hydrogen-bond acceptors (Lipinski definition) is 2. The fraction of sp³-hybridized carbons (Fsp3) is 0.833. The Balaban J connectivity index is 3.25. The fourth-order valence-electron chi connectivity index (χ4n) is 2.06. The minimum Gasteiger partial charge on any atom is -0.389 e. The SMILES string of the molecule is C=C(C)NCCCCCCCCNC(=O)CCC(C)(C)C. The van der Waals surface area contributed by atoms with Gasteiger partial charge in [-0.1, -0.05) is 53.0 Å². The smallest absolute Gasteiger partial charge is 0.220 e. The zero-order valence-corrected chi connectivity index (χ0v) is 14.7. The van der Waals surface area contributed by atoms with E-state index in [1.165, 1.54) is 32.1 Å². The van der Waals surface area contributed by atoms with Gasteiger partial charge in [0.1, 0.15) is 0 Å². The molecule has 0 saturated carbocycles. The highest BCUT2D eigenvalue weighted by Crippen LogP contribution is 2.20. The zero-order valence-electron chi connectivity index (χ0n) is 14.7. The van der Waals surface area contributed by atoms with Crippen LogP contribution in [0.3, 0.4) is 0 Å². The van der Waals surface area contributed by atoms with Gasteiger partial charge >= 0.3 is 0 Å². The maximum atomic E-state index is 11.6. The molecule has 0 aliphatic rings. The molecule has 3 nitrogen and oxygen atoms in total. The first-order valence-electron chi connectivity index (χ1n) is 8.47. The summed E-state index contributed by atoms with van der Waals surface area (Å²) in [6.07, 6.45) is 8.98. The minimum absolute atomic E-state index is 0.204. The van der Waals surface area contributed by atoms with Gasteiger partial charge in [-0.25, -0.2) is 0 Å². The minimum atomic E-state index is 0.204. The van der Waals surface area contributed by atoms with Gasteiger partial charge in [-0.15, -0.1) is 0 Å². The first-order chi connectivity index (χ1) is 9.81. The second-order valence-electron chi connectivity index (χ2n) is 7.24. The van der Waals surface area contributed by atoms with Crippen molar-refractivity contribution in [1.29, 1.82) is 0 Å². The molecule has 21 heavy (non-hydrogen) atoms. The Labute approximate surface area is 132 Å². The average Bonchev–Trinajstić information content (AvgIpc) is 2.37. The van der Waals surface area contributed by atoms with Crippen molar-refractivity contribution in [1.82, 2.24) is 10.6 Å². The van der Waals surface area contributed by atoms with Gasteiger partial charge in [0.05, 0.1) is 0 Å². The van der Waals surface area contributed by atoms with Crippen molar-refractivity contribution in [2.45, 2.75) is 79.1 Å². The molecule has 0 bridgehead atoms. The molecule has 0 unspecified atom stereocenters. The van der Waals surface area contributed by atoms with Crippen LogP contribution in [0.15, 0.2) is 12.3 Å². The van der Waals surface area contributed by atoms with Gasteiger partial charge in [0, 0.05) is 25.2 Å². The molecule has 3 heteroatoms. The predicted octanol–water partition coefficient (Wildman–Crippen LogP) is 4.39. The molecule has 0 radical (unpaired) electrons. The van der Waals surface area contributed by atoms with Crippen LogP contribution in [0.4, 0.5) is 0 Å². The summed E-state index contributed by atoms with van der Waals surface area (Å²) in [6.45, 7) is 14.2. The molecule has 0 saturated heterocycles. The number of carbonyl (C=O) groups excluding carboxylic acids is 1. The number of amides is 1. The lowest BCUT2D eigenvalue weighted by Gasteiger charge is -2.17. The van der Waals surface area contributed by atoms with Crippen molar-refractivity contribution in [2.75, 3.05) is 13.1 Å². The van der Waals surface area contributed by atoms with E-state index in [0.29, 0.717) is 6.42 Å².